The van der Waals surface area contributed by atoms with Crippen molar-refractivity contribution < 1.29 is 24.2 Å². The number of carbonyl (C=O) groups is 1. The third-order valence-electron chi connectivity index (χ3n) is 6.41. The average molecular weight is 414 g/mol. The zero-order valence-electron chi connectivity index (χ0n) is 18.7. The Hall–Kier alpha value is -0.690. The molecule has 2 rings (SSSR count). The van der Waals surface area contributed by atoms with Crippen LogP contribution in [-0.4, -0.2) is 61.9 Å². The Morgan fingerprint density at radius 1 is 0.931 bits per heavy atom. The summed E-state index contributed by atoms with van der Waals surface area (Å²) in [4.78, 5) is 11.3. The molecule has 2 heterocycles. The van der Waals surface area contributed by atoms with Crippen LogP contribution in [0.25, 0.3) is 0 Å². The zero-order chi connectivity index (χ0) is 20.9. The van der Waals surface area contributed by atoms with E-state index in [0.29, 0.717) is 42.1 Å². The topological polar surface area (TPSA) is 68.2 Å². The van der Waals surface area contributed by atoms with Crippen molar-refractivity contribution >= 4 is 5.91 Å². The van der Waals surface area contributed by atoms with E-state index in [1.165, 1.54) is 58.4 Å². The Morgan fingerprint density at radius 2 is 1.59 bits per heavy atom. The van der Waals surface area contributed by atoms with Gasteiger partial charge in [0.2, 0.25) is 5.91 Å². The van der Waals surface area contributed by atoms with Gasteiger partial charge in [0.05, 0.1) is 18.8 Å². The molecule has 0 aromatic carbocycles. The van der Waals surface area contributed by atoms with Gasteiger partial charge in [-0.05, 0) is 50.9 Å². The first-order valence-electron chi connectivity index (χ1n) is 11.9. The predicted molar refractivity (Wildman–Crippen MR) is 113 cm³/mol. The molecule has 4 unspecified atom stereocenters. The van der Waals surface area contributed by atoms with Crippen molar-refractivity contribution in [2.75, 3.05) is 33.5 Å². The summed E-state index contributed by atoms with van der Waals surface area (Å²) in [6.45, 7) is 5.48. The van der Waals surface area contributed by atoms with Crippen molar-refractivity contribution in [3.05, 3.63) is 0 Å². The van der Waals surface area contributed by atoms with Crippen molar-refractivity contribution in [2.45, 2.75) is 96.2 Å². The maximum Gasteiger partial charge on any atom is 0.245 e. The quantitative estimate of drug-likeness (QED) is 0.215. The average Bonchev–Trinajstić information content (AvgIpc) is 3.31. The van der Waals surface area contributed by atoms with E-state index in [9.17, 15) is 4.79 Å². The molecular weight excluding hydrogens is 370 g/mol. The fourth-order valence-electron chi connectivity index (χ4n) is 4.68. The first kappa shape index (κ1) is 24.6. The number of amides is 1. The molecule has 0 spiro atoms. The number of hydrogen-bond donors (Lipinski definition) is 1. The molecule has 29 heavy (non-hydrogen) atoms. The van der Waals surface area contributed by atoms with Gasteiger partial charge in [-0.15, -0.1) is 0 Å². The van der Waals surface area contributed by atoms with Gasteiger partial charge >= 0.3 is 0 Å². The SMILES string of the molecule is CCCCCCOCCCCC1C2CCC(O2)C1COCCCCC(=O)N(C)O. The van der Waals surface area contributed by atoms with Gasteiger partial charge in [-0.25, -0.2) is 5.06 Å². The van der Waals surface area contributed by atoms with Crippen LogP contribution < -0.4 is 0 Å². The van der Waals surface area contributed by atoms with E-state index in [4.69, 9.17) is 19.4 Å². The molecule has 0 saturated carbocycles. The van der Waals surface area contributed by atoms with Gasteiger partial charge in [0, 0.05) is 39.2 Å². The fraction of sp³-hybridized carbons (Fsp3) is 0.957. The van der Waals surface area contributed by atoms with Crippen molar-refractivity contribution in [3.63, 3.8) is 0 Å². The number of hydrogen-bond acceptors (Lipinski definition) is 5. The Kier molecular flexibility index (Phi) is 12.2. The van der Waals surface area contributed by atoms with Crippen LogP contribution in [0.2, 0.25) is 0 Å². The Bertz CT molecular complexity index is 445. The molecule has 1 amide bonds. The van der Waals surface area contributed by atoms with Gasteiger partial charge in [-0.2, -0.15) is 0 Å². The van der Waals surface area contributed by atoms with Gasteiger partial charge in [0.15, 0.2) is 0 Å². The van der Waals surface area contributed by atoms with Gasteiger partial charge in [0.1, 0.15) is 0 Å². The molecular formula is C23H43NO5. The van der Waals surface area contributed by atoms with Crippen LogP contribution in [0.3, 0.4) is 0 Å². The second kappa shape index (κ2) is 14.3. The molecule has 0 radical (unpaired) electrons. The largest absolute Gasteiger partial charge is 0.381 e. The number of nitrogens with zero attached hydrogens (tertiary/aromatic N) is 1. The van der Waals surface area contributed by atoms with E-state index in [1.807, 2.05) is 0 Å². The Balaban J connectivity index is 1.53. The lowest BCUT2D eigenvalue weighted by atomic mass is 9.77. The number of ether oxygens (including phenoxy) is 3. The smallest absolute Gasteiger partial charge is 0.245 e. The highest BCUT2D eigenvalue weighted by atomic mass is 16.5. The molecule has 2 fully saturated rings. The van der Waals surface area contributed by atoms with Gasteiger partial charge in [-0.1, -0.05) is 32.6 Å². The molecule has 6 nitrogen and oxygen atoms in total. The number of rotatable bonds is 17. The normalized spacial score (nSPS) is 25.6. The monoisotopic (exact) mass is 413 g/mol. The van der Waals surface area contributed by atoms with Gasteiger partial charge in [0.25, 0.3) is 0 Å². The van der Waals surface area contributed by atoms with Crippen LogP contribution in [0.4, 0.5) is 0 Å². The number of hydroxylamine groups is 2. The molecule has 0 aromatic heterocycles. The van der Waals surface area contributed by atoms with Crippen LogP contribution >= 0.6 is 0 Å². The minimum Gasteiger partial charge on any atom is -0.381 e. The second-order valence-electron chi connectivity index (χ2n) is 8.74. The molecule has 170 valence electrons. The van der Waals surface area contributed by atoms with Crippen LogP contribution in [0, 0.1) is 11.8 Å². The summed E-state index contributed by atoms with van der Waals surface area (Å²) in [5, 5.41) is 9.71. The van der Waals surface area contributed by atoms with Crippen molar-refractivity contribution in [1.82, 2.24) is 5.06 Å². The van der Waals surface area contributed by atoms with Crippen LogP contribution in [-0.2, 0) is 19.0 Å². The van der Waals surface area contributed by atoms with Crippen LogP contribution in [0.1, 0.15) is 84.0 Å². The lowest BCUT2D eigenvalue weighted by molar-refractivity contribution is -0.159. The second-order valence-corrected chi connectivity index (χ2v) is 8.74. The minimum atomic E-state index is -0.239. The zero-order valence-corrected chi connectivity index (χ0v) is 18.7. The standard InChI is InChI=1S/C23H43NO5/c1-3-4-5-8-15-27-16-9-6-11-19-20(22-14-13-21(19)29-22)18-28-17-10-7-12-23(25)24(2)26/h19-22,26H,3-18H2,1-2H3. The van der Waals surface area contributed by atoms with E-state index in [-0.39, 0.29) is 5.91 Å². The summed E-state index contributed by atoms with van der Waals surface area (Å²) in [5.74, 6) is 0.911. The third-order valence-corrected chi connectivity index (χ3v) is 6.41. The highest BCUT2D eigenvalue weighted by Crippen LogP contribution is 2.45. The molecule has 1 N–H and O–H groups in total. The Labute approximate surface area is 177 Å². The summed E-state index contributed by atoms with van der Waals surface area (Å²) in [6, 6.07) is 0. The molecule has 2 aliphatic rings. The summed E-state index contributed by atoms with van der Waals surface area (Å²) >= 11 is 0. The molecule has 6 heteroatoms. The summed E-state index contributed by atoms with van der Waals surface area (Å²) < 4.78 is 17.9. The van der Waals surface area contributed by atoms with Crippen LogP contribution in [0.15, 0.2) is 0 Å². The summed E-state index contributed by atoms with van der Waals surface area (Å²) in [6.07, 6.45) is 13.8. The van der Waals surface area contributed by atoms with E-state index < -0.39 is 0 Å². The summed E-state index contributed by atoms with van der Waals surface area (Å²) in [7, 11) is 1.37. The highest BCUT2D eigenvalue weighted by molar-refractivity contribution is 5.74. The number of fused-ring (bicyclic) bond motifs is 2. The highest BCUT2D eigenvalue weighted by Gasteiger charge is 2.48. The first-order valence-corrected chi connectivity index (χ1v) is 11.9. The fourth-order valence-corrected chi connectivity index (χ4v) is 4.68. The molecule has 0 aromatic rings. The molecule has 0 aliphatic carbocycles. The van der Waals surface area contributed by atoms with Gasteiger partial charge in [-0.3, -0.25) is 10.0 Å². The lowest BCUT2D eigenvalue weighted by Crippen LogP contribution is -2.31. The van der Waals surface area contributed by atoms with E-state index in [1.54, 1.807) is 0 Å². The van der Waals surface area contributed by atoms with Crippen molar-refractivity contribution in [1.29, 1.82) is 0 Å². The molecule has 2 aliphatic heterocycles. The van der Waals surface area contributed by atoms with E-state index >= 15 is 0 Å². The number of carbonyl (C=O) groups excluding carboxylic acids is 1. The van der Waals surface area contributed by atoms with Crippen molar-refractivity contribution in [2.24, 2.45) is 11.8 Å². The first-order chi connectivity index (χ1) is 14.1. The van der Waals surface area contributed by atoms with Gasteiger partial charge < -0.3 is 14.2 Å². The van der Waals surface area contributed by atoms with E-state index in [0.717, 1.165) is 39.1 Å². The molecule has 2 bridgehead atoms. The lowest BCUT2D eigenvalue weighted by Gasteiger charge is -2.28. The predicted octanol–water partition coefficient (Wildman–Crippen LogP) is 4.58. The maximum absolute atomic E-state index is 11.3. The summed E-state index contributed by atoms with van der Waals surface area (Å²) in [5.41, 5.74) is 0. The van der Waals surface area contributed by atoms with E-state index in [2.05, 4.69) is 6.92 Å². The third kappa shape index (κ3) is 8.91. The van der Waals surface area contributed by atoms with Crippen molar-refractivity contribution in [3.8, 4) is 0 Å². The maximum atomic E-state index is 11.3. The molecule has 2 saturated heterocycles. The Morgan fingerprint density at radius 3 is 2.31 bits per heavy atom. The number of unbranched alkanes of at least 4 members (excludes halogenated alkanes) is 5. The molecule has 4 atom stereocenters. The van der Waals surface area contributed by atoms with Crippen LogP contribution in [0.5, 0.6) is 0 Å². The minimum absolute atomic E-state index is 0.239.